The van der Waals surface area contributed by atoms with Crippen molar-refractivity contribution >= 4 is 5.97 Å². The lowest BCUT2D eigenvalue weighted by molar-refractivity contribution is -0.167. The maximum atomic E-state index is 11.9. The van der Waals surface area contributed by atoms with Crippen LogP contribution in [0.15, 0.2) is 18.2 Å². The SMILES string of the molecule is COc1ccc2c(c1)CCC1C2CCC2(C)C1CC1CCC(=O)OC12. The first-order chi connectivity index (χ1) is 12.1. The number of ether oxygens (including phenoxy) is 2. The predicted octanol–water partition coefficient (Wildman–Crippen LogP) is 4.48. The van der Waals surface area contributed by atoms with Crippen LogP contribution in [0.2, 0.25) is 0 Å². The molecule has 0 bridgehead atoms. The summed E-state index contributed by atoms with van der Waals surface area (Å²) in [6.07, 6.45) is 7.98. The van der Waals surface area contributed by atoms with Crippen molar-refractivity contribution in [2.24, 2.45) is 23.2 Å². The minimum atomic E-state index is 0.0336. The van der Waals surface area contributed by atoms with Crippen molar-refractivity contribution in [1.29, 1.82) is 0 Å². The Morgan fingerprint density at radius 3 is 2.92 bits per heavy atom. The smallest absolute Gasteiger partial charge is 0.306 e. The lowest BCUT2D eigenvalue weighted by Crippen LogP contribution is -2.46. The molecule has 6 unspecified atom stereocenters. The van der Waals surface area contributed by atoms with Crippen LogP contribution in [-0.2, 0) is 16.0 Å². The molecule has 3 aliphatic carbocycles. The Kier molecular flexibility index (Phi) is 3.45. The molecule has 0 N–H and O–H groups in total. The Morgan fingerprint density at radius 1 is 1.20 bits per heavy atom. The molecule has 3 fully saturated rings. The Balaban J connectivity index is 1.47. The zero-order valence-electron chi connectivity index (χ0n) is 15.3. The summed E-state index contributed by atoms with van der Waals surface area (Å²) < 4.78 is 11.3. The second kappa shape index (κ2) is 5.49. The summed E-state index contributed by atoms with van der Waals surface area (Å²) in [7, 11) is 1.75. The fourth-order valence-corrected chi connectivity index (χ4v) is 6.82. The first-order valence-corrected chi connectivity index (χ1v) is 9.96. The van der Waals surface area contributed by atoms with Gasteiger partial charge in [0.25, 0.3) is 0 Å². The summed E-state index contributed by atoms with van der Waals surface area (Å²) in [5.74, 6) is 3.77. The molecule has 1 saturated heterocycles. The lowest BCUT2D eigenvalue weighted by atomic mass is 9.55. The van der Waals surface area contributed by atoms with Crippen LogP contribution in [0.5, 0.6) is 5.75 Å². The van der Waals surface area contributed by atoms with Gasteiger partial charge in [0.1, 0.15) is 11.9 Å². The Labute approximate surface area is 150 Å². The monoisotopic (exact) mass is 340 g/mol. The fourth-order valence-electron chi connectivity index (χ4n) is 6.82. The molecule has 1 aromatic carbocycles. The molecule has 0 radical (unpaired) electrons. The quantitative estimate of drug-likeness (QED) is 0.707. The van der Waals surface area contributed by atoms with E-state index in [4.69, 9.17) is 9.47 Å². The zero-order chi connectivity index (χ0) is 17.2. The van der Waals surface area contributed by atoms with Gasteiger partial charge in [0, 0.05) is 11.8 Å². The van der Waals surface area contributed by atoms with Gasteiger partial charge in [-0.05, 0) is 85.5 Å². The summed E-state index contributed by atoms with van der Waals surface area (Å²) >= 11 is 0. The van der Waals surface area contributed by atoms with Crippen LogP contribution in [0.3, 0.4) is 0 Å². The maximum absolute atomic E-state index is 11.9. The lowest BCUT2D eigenvalue weighted by Gasteiger charge is -2.50. The number of fused-ring (bicyclic) bond motifs is 7. The van der Waals surface area contributed by atoms with Crippen LogP contribution in [0.4, 0.5) is 0 Å². The zero-order valence-corrected chi connectivity index (χ0v) is 15.3. The number of hydrogen-bond acceptors (Lipinski definition) is 3. The van der Waals surface area contributed by atoms with Gasteiger partial charge in [0.2, 0.25) is 0 Å². The van der Waals surface area contributed by atoms with E-state index >= 15 is 0 Å². The van der Waals surface area contributed by atoms with E-state index in [2.05, 4.69) is 25.1 Å². The molecular weight excluding hydrogens is 312 g/mol. The van der Waals surface area contributed by atoms with E-state index in [1.54, 1.807) is 12.7 Å². The van der Waals surface area contributed by atoms with E-state index in [1.165, 1.54) is 31.2 Å². The normalized spacial score (nSPS) is 41.8. The van der Waals surface area contributed by atoms with Gasteiger partial charge in [-0.15, -0.1) is 0 Å². The van der Waals surface area contributed by atoms with E-state index in [0.717, 1.165) is 24.5 Å². The summed E-state index contributed by atoms with van der Waals surface area (Å²) in [6, 6.07) is 6.69. The number of esters is 1. The number of carbonyl (C=O) groups excluding carboxylic acids is 1. The summed E-state index contributed by atoms with van der Waals surface area (Å²) in [4.78, 5) is 11.9. The van der Waals surface area contributed by atoms with Gasteiger partial charge >= 0.3 is 5.97 Å². The summed E-state index contributed by atoms with van der Waals surface area (Å²) in [5.41, 5.74) is 3.25. The average Bonchev–Trinajstić information content (AvgIpc) is 2.93. The first-order valence-electron chi connectivity index (χ1n) is 9.96. The van der Waals surface area contributed by atoms with Gasteiger partial charge in [0.15, 0.2) is 0 Å². The van der Waals surface area contributed by atoms with Gasteiger partial charge in [-0.25, -0.2) is 0 Å². The molecule has 134 valence electrons. The van der Waals surface area contributed by atoms with Crippen LogP contribution in [-0.4, -0.2) is 19.2 Å². The fraction of sp³-hybridized carbons (Fsp3) is 0.682. The molecule has 6 atom stereocenters. The highest BCUT2D eigenvalue weighted by molar-refractivity contribution is 5.70. The van der Waals surface area contributed by atoms with Crippen LogP contribution >= 0.6 is 0 Å². The minimum Gasteiger partial charge on any atom is -0.497 e. The van der Waals surface area contributed by atoms with E-state index in [1.807, 2.05) is 0 Å². The molecule has 25 heavy (non-hydrogen) atoms. The molecule has 0 spiro atoms. The van der Waals surface area contributed by atoms with Crippen molar-refractivity contribution in [3.8, 4) is 5.75 Å². The van der Waals surface area contributed by atoms with E-state index < -0.39 is 0 Å². The average molecular weight is 340 g/mol. The highest BCUT2D eigenvalue weighted by atomic mass is 16.5. The second-order valence-electron chi connectivity index (χ2n) is 8.97. The van der Waals surface area contributed by atoms with Gasteiger partial charge < -0.3 is 9.47 Å². The van der Waals surface area contributed by atoms with Crippen molar-refractivity contribution in [2.75, 3.05) is 7.11 Å². The largest absolute Gasteiger partial charge is 0.497 e. The molecule has 1 heterocycles. The first kappa shape index (κ1) is 15.7. The molecule has 1 aliphatic heterocycles. The third kappa shape index (κ3) is 2.20. The molecular formula is C22H28O3. The number of hydrogen-bond donors (Lipinski definition) is 0. The van der Waals surface area contributed by atoms with Crippen molar-refractivity contribution in [3.05, 3.63) is 29.3 Å². The second-order valence-corrected chi connectivity index (χ2v) is 8.97. The molecule has 3 heteroatoms. The highest BCUT2D eigenvalue weighted by Gasteiger charge is 2.60. The molecule has 4 aliphatic rings. The molecule has 0 amide bonds. The van der Waals surface area contributed by atoms with Crippen molar-refractivity contribution in [3.63, 3.8) is 0 Å². The molecule has 3 nitrogen and oxygen atoms in total. The molecule has 0 aromatic heterocycles. The van der Waals surface area contributed by atoms with E-state index in [9.17, 15) is 4.79 Å². The van der Waals surface area contributed by atoms with Crippen LogP contribution < -0.4 is 4.74 Å². The topological polar surface area (TPSA) is 35.5 Å². The van der Waals surface area contributed by atoms with Gasteiger partial charge in [0.05, 0.1) is 7.11 Å². The third-order valence-electron chi connectivity index (χ3n) is 7.98. The molecule has 1 aromatic rings. The van der Waals surface area contributed by atoms with E-state index in [0.29, 0.717) is 24.2 Å². The van der Waals surface area contributed by atoms with Crippen LogP contribution in [0, 0.1) is 23.2 Å². The molecule has 5 rings (SSSR count). The van der Waals surface area contributed by atoms with Crippen LogP contribution in [0.1, 0.15) is 62.5 Å². The Morgan fingerprint density at radius 2 is 2.08 bits per heavy atom. The number of methoxy groups -OCH3 is 1. The standard InChI is InChI=1S/C22H28O3/c1-22-10-9-17-16-7-5-15(24-2)11-13(16)3-6-18(17)19(22)12-14-4-8-20(23)25-21(14)22/h5,7,11,14,17-19,21H,3-4,6,8-10,12H2,1-2H3. The number of carbonyl (C=O) groups is 1. The van der Waals surface area contributed by atoms with Crippen LogP contribution in [0.25, 0.3) is 0 Å². The number of aryl methyl sites for hydroxylation is 1. The van der Waals surface area contributed by atoms with E-state index in [-0.39, 0.29) is 17.5 Å². The maximum Gasteiger partial charge on any atom is 0.306 e. The Hall–Kier alpha value is -1.51. The summed E-state index contributed by atoms with van der Waals surface area (Å²) in [6.45, 7) is 2.42. The van der Waals surface area contributed by atoms with Crippen molar-refractivity contribution in [2.45, 2.75) is 63.9 Å². The van der Waals surface area contributed by atoms with Gasteiger partial charge in [-0.3, -0.25) is 4.79 Å². The summed E-state index contributed by atoms with van der Waals surface area (Å²) in [5, 5.41) is 0. The number of benzene rings is 1. The Bertz CT molecular complexity index is 711. The predicted molar refractivity (Wildman–Crippen MR) is 95.6 cm³/mol. The van der Waals surface area contributed by atoms with Gasteiger partial charge in [-0.1, -0.05) is 13.0 Å². The number of rotatable bonds is 1. The third-order valence-corrected chi connectivity index (χ3v) is 7.98. The van der Waals surface area contributed by atoms with Crippen molar-refractivity contribution in [1.82, 2.24) is 0 Å². The van der Waals surface area contributed by atoms with Gasteiger partial charge in [-0.2, -0.15) is 0 Å². The highest BCUT2D eigenvalue weighted by Crippen LogP contribution is 2.64. The minimum absolute atomic E-state index is 0.0336. The molecule has 2 saturated carbocycles. The van der Waals surface area contributed by atoms with Crippen molar-refractivity contribution < 1.29 is 14.3 Å².